The summed E-state index contributed by atoms with van der Waals surface area (Å²) in [7, 11) is 0. The van der Waals surface area contributed by atoms with Crippen LogP contribution in [0, 0.1) is 17.0 Å². The summed E-state index contributed by atoms with van der Waals surface area (Å²) in [5.41, 5.74) is 2.21. The summed E-state index contributed by atoms with van der Waals surface area (Å²) in [6.07, 6.45) is 0. The van der Waals surface area contributed by atoms with Gasteiger partial charge in [0.25, 0.3) is 17.5 Å². The average Bonchev–Trinajstić information content (AvgIpc) is 3.06. The third kappa shape index (κ3) is 4.29. The molecule has 0 radical (unpaired) electrons. The van der Waals surface area contributed by atoms with Crippen LogP contribution >= 0.6 is 0 Å². The van der Waals surface area contributed by atoms with Crippen molar-refractivity contribution in [3.8, 4) is 0 Å². The highest BCUT2D eigenvalue weighted by atomic mass is 16.6. The summed E-state index contributed by atoms with van der Waals surface area (Å²) < 4.78 is 0. The Morgan fingerprint density at radius 1 is 0.970 bits per heavy atom. The number of aryl methyl sites for hydroxylation is 1. The lowest BCUT2D eigenvalue weighted by atomic mass is 10.1. The molecule has 1 heterocycles. The first kappa shape index (κ1) is 21.7. The van der Waals surface area contributed by atoms with E-state index >= 15 is 0 Å². The van der Waals surface area contributed by atoms with E-state index in [4.69, 9.17) is 0 Å². The fourth-order valence-corrected chi connectivity index (χ4v) is 3.78. The number of non-ortho nitro benzene ring substituents is 1. The largest absolute Gasteiger partial charge is 0.335 e. The molecular weight excluding hydrogens is 424 g/mol. The molecule has 1 aliphatic rings. The van der Waals surface area contributed by atoms with E-state index in [-0.39, 0.29) is 12.2 Å². The zero-order valence-electron chi connectivity index (χ0n) is 17.6. The lowest BCUT2D eigenvalue weighted by Gasteiger charge is -2.27. The standard InChI is InChI=1S/C24H20N4O5/c1-15-13-17(28(32)33)11-12-20(15)26-24(31)25-14-21(16-7-3-2-4-8-16)27-22(29)18-9-5-6-10-19(18)23(27)30/h2-13,21H,14H2,1H3,(H2,25,26,31). The number of nitrogens with zero attached hydrogens (tertiary/aromatic N) is 2. The maximum absolute atomic E-state index is 13.0. The number of nitro groups is 1. The smallest absolute Gasteiger partial charge is 0.319 e. The highest BCUT2D eigenvalue weighted by Crippen LogP contribution is 2.31. The van der Waals surface area contributed by atoms with Crippen LogP contribution in [-0.4, -0.2) is 34.2 Å². The second-order valence-electron chi connectivity index (χ2n) is 7.54. The average molecular weight is 444 g/mol. The monoisotopic (exact) mass is 444 g/mol. The van der Waals surface area contributed by atoms with Gasteiger partial charge >= 0.3 is 6.03 Å². The topological polar surface area (TPSA) is 122 Å². The molecule has 1 aliphatic heterocycles. The first-order valence-corrected chi connectivity index (χ1v) is 10.2. The summed E-state index contributed by atoms with van der Waals surface area (Å²) in [5.74, 6) is -0.837. The molecule has 9 heteroatoms. The van der Waals surface area contributed by atoms with E-state index in [0.29, 0.717) is 27.9 Å². The van der Waals surface area contributed by atoms with Gasteiger partial charge in [-0.1, -0.05) is 42.5 Å². The van der Waals surface area contributed by atoms with Crippen molar-refractivity contribution in [3.63, 3.8) is 0 Å². The molecule has 0 bridgehead atoms. The van der Waals surface area contributed by atoms with Crippen LogP contribution in [0.1, 0.15) is 37.9 Å². The van der Waals surface area contributed by atoms with E-state index in [1.165, 1.54) is 18.2 Å². The van der Waals surface area contributed by atoms with Crippen molar-refractivity contribution >= 4 is 29.2 Å². The Morgan fingerprint density at radius 3 is 2.15 bits per heavy atom. The number of hydrogen-bond acceptors (Lipinski definition) is 5. The van der Waals surface area contributed by atoms with Crippen LogP contribution in [0.3, 0.4) is 0 Å². The molecule has 1 atom stereocenters. The summed E-state index contributed by atoms with van der Waals surface area (Å²) >= 11 is 0. The molecule has 2 N–H and O–H groups in total. The summed E-state index contributed by atoms with van der Waals surface area (Å²) in [5, 5.41) is 16.3. The molecule has 0 saturated heterocycles. The minimum Gasteiger partial charge on any atom is -0.335 e. The molecular formula is C24H20N4O5. The summed E-state index contributed by atoms with van der Waals surface area (Å²) in [6, 6.07) is 18.4. The lowest BCUT2D eigenvalue weighted by Crippen LogP contribution is -2.42. The fourth-order valence-electron chi connectivity index (χ4n) is 3.78. The van der Waals surface area contributed by atoms with E-state index in [1.807, 2.05) is 6.07 Å². The van der Waals surface area contributed by atoms with Gasteiger partial charge in [0.05, 0.1) is 22.1 Å². The van der Waals surface area contributed by atoms with Crippen molar-refractivity contribution in [2.45, 2.75) is 13.0 Å². The van der Waals surface area contributed by atoms with Gasteiger partial charge in [-0.05, 0) is 36.2 Å². The zero-order chi connectivity index (χ0) is 23.5. The van der Waals surface area contributed by atoms with Gasteiger partial charge in [0, 0.05) is 24.4 Å². The van der Waals surface area contributed by atoms with Crippen molar-refractivity contribution in [2.75, 3.05) is 11.9 Å². The Labute approximate surface area is 189 Å². The number of nitro benzene ring substituents is 1. The predicted molar refractivity (Wildman–Crippen MR) is 121 cm³/mol. The van der Waals surface area contributed by atoms with E-state index < -0.39 is 28.8 Å². The van der Waals surface area contributed by atoms with E-state index in [1.54, 1.807) is 55.5 Å². The molecule has 4 rings (SSSR count). The van der Waals surface area contributed by atoms with Gasteiger partial charge in [0.2, 0.25) is 0 Å². The van der Waals surface area contributed by atoms with E-state index in [9.17, 15) is 24.5 Å². The van der Waals surface area contributed by atoms with Crippen molar-refractivity contribution in [2.24, 2.45) is 0 Å². The molecule has 9 nitrogen and oxygen atoms in total. The molecule has 0 spiro atoms. The minimum absolute atomic E-state index is 0.0205. The third-order valence-electron chi connectivity index (χ3n) is 5.45. The van der Waals surface area contributed by atoms with Gasteiger partial charge in [-0.15, -0.1) is 0 Å². The number of amides is 4. The minimum atomic E-state index is -0.720. The van der Waals surface area contributed by atoms with Crippen molar-refractivity contribution in [1.29, 1.82) is 0 Å². The summed E-state index contributed by atoms with van der Waals surface area (Å²) in [4.78, 5) is 50.2. The lowest BCUT2D eigenvalue weighted by molar-refractivity contribution is -0.384. The number of rotatable bonds is 6. The summed E-state index contributed by atoms with van der Waals surface area (Å²) in [6.45, 7) is 1.63. The first-order valence-electron chi connectivity index (χ1n) is 10.2. The van der Waals surface area contributed by atoms with E-state index in [0.717, 1.165) is 4.90 Å². The Morgan fingerprint density at radius 2 is 1.58 bits per heavy atom. The first-order chi connectivity index (χ1) is 15.9. The Bertz CT molecular complexity index is 1220. The van der Waals surface area contributed by atoms with Crippen LogP contribution in [0.4, 0.5) is 16.2 Å². The van der Waals surface area contributed by atoms with Gasteiger partial charge in [-0.25, -0.2) is 4.79 Å². The van der Waals surface area contributed by atoms with Gasteiger partial charge in [-0.2, -0.15) is 0 Å². The van der Waals surface area contributed by atoms with Gasteiger partial charge in [0.15, 0.2) is 0 Å². The molecule has 3 aromatic carbocycles. The Kier molecular flexibility index (Phi) is 5.86. The second-order valence-corrected chi connectivity index (χ2v) is 7.54. The molecule has 1 unspecified atom stereocenters. The number of imide groups is 1. The van der Waals surface area contributed by atoms with E-state index in [2.05, 4.69) is 10.6 Å². The van der Waals surface area contributed by atoms with Gasteiger partial charge < -0.3 is 10.6 Å². The molecule has 3 aromatic rings. The van der Waals surface area contributed by atoms with Crippen LogP contribution in [0.15, 0.2) is 72.8 Å². The molecule has 166 valence electrons. The number of anilines is 1. The Hall–Kier alpha value is -4.53. The Balaban J connectivity index is 1.53. The number of fused-ring (bicyclic) bond motifs is 1. The molecule has 0 saturated carbocycles. The van der Waals surface area contributed by atoms with Gasteiger partial charge in [0.1, 0.15) is 0 Å². The quantitative estimate of drug-likeness (QED) is 0.337. The molecule has 33 heavy (non-hydrogen) atoms. The maximum atomic E-state index is 13.0. The van der Waals surface area contributed by atoms with Crippen LogP contribution in [0.5, 0.6) is 0 Å². The van der Waals surface area contributed by atoms with Crippen LogP contribution < -0.4 is 10.6 Å². The number of nitrogens with one attached hydrogen (secondary N) is 2. The highest BCUT2D eigenvalue weighted by Gasteiger charge is 2.40. The highest BCUT2D eigenvalue weighted by molar-refractivity contribution is 6.21. The third-order valence-corrected chi connectivity index (χ3v) is 5.45. The molecule has 0 aliphatic carbocycles. The predicted octanol–water partition coefficient (Wildman–Crippen LogP) is 4.06. The van der Waals surface area contributed by atoms with Crippen molar-refractivity contribution in [3.05, 3.63) is 105 Å². The number of benzene rings is 3. The number of carbonyl (C=O) groups excluding carboxylic acids is 3. The van der Waals surface area contributed by atoms with Crippen LogP contribution in [0.25, 0.3) is 0 Å². The van der Waals surface area contributed by atoms with Crippen molar-refractivity contribution < 1.29 is 19.3 Å². The molecule has 0 fully saturated rings. The normalized spacial score (nSPS) is 13.4. The zero-order valence-corrected chi connectivity index (χ0v) is 17.6. The maximum Gasteiger partial charge on any atom is 0.319 e. The second kappa shape index (κ2) is 8.91. The molecule has 4 amide bonds. The number of carbonyl (C=O) groups is 3. The SMILES string of the molecule is Cc1cc([N+](=O)[O-])ccc1NC(=O)NCC(c1ccccc1)N1C(=O)c2ccccc2C1=O. The van der Waals surface area contributed by atoms with Crippen molar-refractivity contribution in [1.82, 2.24) is 10.2 Å². The fraction of sp³-hybridized carbons (Fsp3) is 0.125. The number of hydrogen-bond donors (Lipinski definition) is 2. The van der Waals surface area contributed by atoms with Crippen LogP contribution in [-0.2, 0) is 0 Å². The number of urea groups is 1. The van der Waals surface area contributed by atoms with Gasteiger partial charge in [-0.3, -0.25) is 24.6 Å². The molecule has 0 aromatic heterocycles. The van der Waals surface area contributed by atoms with Crippen LogP contribution in [0.2, 0.25) is 0 Å².